The van der Waals surface area contributed by atoms with Gasteiger partial charge >= 0.3 is 0 Å². The molecule has 1 aromatic heterocycles. The molecule has 0 aliphatic carbocycles. The molecule has 3 rings (SSSR count). The van der Waals surface area contributed by atoms with Gasteiger partial charge < -0.3 is 5.11 Å². The van der Waals surface area contributed by atoms with E-state index in [-0.39, 0.29) is 24.4 Å². The molecule has 1 aromatic carbocycles. The smallest absolute Gasteiger partial charge is 0.261 e. The lowest BCUT2D eigenvalue weighted by Gasteiger charge is -2.28. The number of imide groups is 1. The van der Waals surface area contributed by atoms with E-state index in [0.717, 1.165) is 10.5 Å². The summed E-state index contributed by atoms with van der Waals surface area (Å²) in [6.45, 7) is 2.34. The fourth-order valence-corrected chi connectivity index (χ4v) is 3.04. The highest BCUT2D eigenvalue weighted by molar-refractivity contribution is 6.21. The molecule has 6 nitrogen and oxygen atoms in total. The Hall–Kier alpha value is -2.57. The van der Waals surface area contributed by atoms with Gasteiger partial charge in [-0.3, -0.25) is 24.4 Å². The van der Waals surface area contributed by atoms with Gasteiger partial charge in [-0.2, -0.15) is 0 Å². The molecule has 0 radical (unpaired) electrons. The van der Waals surface area contributed by atoms with Crippen LogP contribution in [-0.2, 0) is 0 Å². The van der Waals surface area contributed by atoms with E-state index in [2.05, 4.69) is 4.98 Å². The molecule has 25 heavy (non-hydrogen) atoms. The number of nitrogens with zero attached hydrogens (tertiary/aromatic N) is 3. The highest BCUT2D eigenvalue weighted by Gasteiger charge is 2.36. The molecule has 2 amide bonds. The Morgan fingerprint density at radius 3 is 2.32 bits per heavy atom. The Morgan fingerprint density at radius 2 is 1.76 bits per heavy atom. The number of aliphatic hydroxyl groups is 1. The Balaban J connectivity index is 1.62. The maximum atomic E-state index is 12.4. The van der Waals surface area contributed by atoms with E-state index in [1.165, 1.54) is 0 Å². The van der Waals surface area contributed by atoms with Crippen molar-refractivity contribution in [2.75, 3.05) is 20.1 Å². The van der Waals surface area contributed by atoms with E-state index in [9.17, 15) is 14.7 Å². The molecule has 1 aliphatic rings. The lowest BCUT2D eigenvalue weighted by molar-refractivity contribution is 0.0466. The van der Waals surface area contributed by atoms with Gasteiger partial charge in [0.05, 0.1) is 23.8 Å². The fraction of sp³-hybridized carbons (Fsp3) is 0.316. The summed E-state index contributed by atoms with van der Waals surface area (Å²) in [6, 6.07) is 10.6. The maximum absolute atomic E-state index is 12.4. The van der Waals surface area contributed by atoms with E-state index in [1.807, 2.05) is 31.0 Å². The number of aromatic nitrogens is 1. The van der Waals surface area contributed by atoms with E-state index in [0.29, 0.717) is 17.7 Å². The summed E-state index contributed by atoms with van der Waals surface area (Å²) in [5.41, 5.74) is 1.84. The number of benzene rings is 1. The minimum atomic E-state index is -0.827. The second-order valence-corrected chi connectivity index (χ2v) is 6.32. The molecule has 0 unspecified atom stereocenters. The van der Waals surface area contributed by atoms with Crippen LogP contribution in [0.5, 0.6) is 0 Å². The van der Waals surface area contributed by atoms with Crippen LogP contribution in [0.4, 0.5) is 0 Å². The van der Waals surface area contributed by atoms with E-state index in [4.69, 9.17) is 0 Å². The number of likely N-dealkylation sites (N-methyl/N-ethyl adjacent to an activating group) is 1. The molecule has 0 saturated carbocycles. The second-order valence-electron chi connectivity index (χ2n) is 6.32. The Morgan fingerprint density at radius 1 is 1.12 bits per heavy atom. The molecule has 0 saturated heterocycles. The predicted octanol–water partition coefficient (Wildman–Crippen LogP) is 1.73. The van der Waals surface area contributed by atoms with Crippen molar-refractivity contribution in [3.05, 3.63) is 65.5 Å². The van der Waals surface area contributed by atoms with Gasteiger partial charge in [0.15, 0.2) is 0 Å². The number of amides is 2. The summed E-state index contributed by atoms with van der Waals surface area (Å²) in [5.74, 6) is -0.690. The van der Waals surface area contributed by atoms with Gasteiger partial charge in [-0.1, -0.05) is 18.2 Å². The van der Waals surface area contributed by atoms with Crippen LogP contribution in [0.2, 0.25) is 0 Å². The molecule has 2 atom stereocenters. The van der Waals surface area contributed by atoms with Crippen LogP contribution in [0, 0.1) is 0 Å². The van der Waals surface area contributed by atoms with Crippen molar-refractivity contribution in [3.63, 3.8) is 0 Å². The topological polar surface area (TPSA) is 73.7 Å². The Labute approximate surface area is 146 Å². The molecule has 0 bridgehead atoms. The first-order chi connectivity index (χ1) is 12.0. The van der Waals surface area contributed by atoms with Crippen LogP contribution >= 0.6 is 0 Å². The van der Waals surface area contributed by atoms with Gasteiger partial charge in [0.25, 0.3) is 11.8 Å². The number of rotatable bonds is 6. The van der Waals surface area contributed by atoms with Crippen molar-refractivity contribution in [1.82, 2.24) is 14.8 Å². The molecule has 6 heteroatoms. The van der Waals surface area contributed by atoms with Gasteiger partial charge in [-0.25, -0.2) is 0 Å². The quantitative estimate of drug-likeness (QED) is 0.812. The number of pyridine rings is 1. The monoisotopic (exact) mass is 339 g/mol. The number of fused-ring (bicyclic) bond motifs is 1. The third-order valence-corrected chi connectivity index (χ3v) is 4.60. The van der Waals surface area contributed by atoms with Crippen LogP contribution in [0.3, 0.4) is 0 Å². The number of hydrogen-bond donors (Lipinski definition) is 1. The lowest BCUT2D eigenvalue weighted by Crippen LogP contribution is -2.42. The summed E-state index contributed by atoms with van der Waals surface area (Å²) in [6.07, 6.45) is 2.68. The first kappa shape index (κ1) is 17.3. The van der Waals surface area contributed by atoms with Crippen molar-refractivity contribution >= 4 is 11.8 Å². The summed E-state index contributed by atoms with van der Waals surface area (Å²) < 4.78 is 0. The summed E-state index contributed by atoms with van der Waals surface area (Å²) in [7, 11) is 1.89. The van der Waals surface area contributed by atoms with Gasteiger partial charge in [-0.15, -0.1) is 0 Å². The largest absolute Gasteiger partial charge is 0.390 e. The highest BCUT2D eigenvalue weighted by atomic mass is 16.3. The molecule has 2 aromatic rings. The Bertz CT molecular complexity index is 743. The first-order valence-corrected chi connectivity index (χ1v) is 8.22. The third kappa shape index (κ3) is 3.45. The highest BCUT2D eigenvalue weighted by Crippen LogP contribution is 2.23. The number of carbonyl (C=O) groups excluding carboxylic acids is 2. The molecule has 0 fully saturated rings. The van der Waals surface area contributed by atoms with Crippen molar-refractivity contribution in [2.24, 2.45) is 0 Å². The third-order valence-electron chi connectivity index (χ3n) is 4.60. The normalized spacial score (nSPS) is 16.2. The molecule has 1 N–H and O–H groups in total. The minimum absolute atomic E-state index is 0.0174. The molecule has 0 spiro atoms. The predicted molar refractivity (Wildman–Crippen MR) is 93.1 cm³/mol. The zero-order valence-electron chi connectivity index (χ0n) is 14.3. The van der Waals surface area contributed by atoms with Crippen molar-refractivity contribution < 1.29 is 14.7 Å². The second kappa shape index (κ2) is 7.13. The number of hydrogen-bond acceptors (Lipinski definition) is 5. The van der Waals surface area contributed by atoms with E-state index in [1.54, 1.807) is 36.7 Å². The lowest BCUT2D eigenvalue weighted by atomic mass is 10.1. The van der Waals surface area contributed by atoms with Gasteiger partial charge in [0, 0.05) is 25.0 Å². The molecule has 130 valence electrons. The summed E-state index contributed by atoms with van der Waals surface area (Å²) >= 11 is 0. The number of β-amino-alcohol motifs (C(OH)–C–C–N with tert-alkyl or cyclic N) is 1. The van der Waals surface area contributed by atoms with Crippen LogP contribution in [-0.4, -0.2) is 57.9 Å². The zero-order chi connectivity index (χ0) is 18.0. The van der Waals surface area contributed by atoms with Gasteiger partial charge in [0.1, 0.15) is 0 Å². The summed E-state index contributed by atoms with van der Waals surface area (Å²) in [4.78, 5) is 31.9. The van der Waals surface area contributed by atoms with Crippen LogP contribution in [0.25, 0.3) is 0 Å². The molecule has 2 heterocycles. The van der Waals surface area contributed by atoms with Crippen molar-refractivity contribution in [3.8, 4) is 0 Å². The van der Waals surface area contributed by atoms with Gasteiger partial charge in [-0.05, 0) is 37.7 Å². The average Bonchev–Trinajstić information content (AvgIpc) is 2.87. The molecule has 1 aliphatic heterocycles. The van der Waals surface area contributed by atoms with E-state index < -0.39 is 6.10 Å². The van der Waals surface area contributed by atoms with Crippen molar-refractivity contribution in [1.29, 1.82) is 0 Å². The minimum Gasteiger partial charge on any atom is -0.390 e. The number of carbonyl (C=O) groups is 2. The first-order valence-electron chi connectivity index (χ1n) is 8.22. The SMILES string of the molecule is C[C@H](c1cccnc1)N(C)C[C@H](O)CN1C(=O)c2ccccc2C1=O. The van der Waals surface area contributed by atoms with Crippen molar-refractivity contribution in [2.45, 2.75) is 19.1 Å². The standard InChI is InChI=1S/C19H21N3O3/c1-13(14-6-5-9-20-10-14)21(2)11-15(23)12-22-18(24)16-7-3-4-8-17(16)19(22)25/h3-10,13,15,23H,11-12H2,1-2H3/t13-,15+/m1/s1. The van der Waals surface area contributed by atoms with Crippen LogP contribution in [0.1, 0.15) is 39.2 Å². The summed E-state index contributed by atoms with van der Waals surface area (Å²) in [5, 5.41) is 10.4. The zero-order valence-corrected chi connectivity index (χ0v) is 14.3. The fourth-order valence-electron chi connectivity index (χ4n) is 3.04. The molecular weight excluding hydrogens is 318 g/mol. The molecular formula is C19H21N3O3. The number of aliphatic hydroxyl groups excluding tert-OH is 1. The van der Waals surface area contributed by atoms with Crippen LogP contribution < -0.4 is 0 Å². The van der Waals surface area contributed by atoms with Crippen LogP contribution in [0.15, 0.2) is 48.8 Å². The van der Waals surface area contributed by atoms with Gasteiger partial charge in [0.2, 0.25) is 0 Å². The Kier molecular flexibility index (Phi) is 4.92. The average molecular weight is 339 g/mol. The maximum Gasteiger partial charge on any atom is 0.261 e. The van der Waals surface area contributed by atoms with E-state index >= 15 is 0 Å².